The third-order valence-electron chi connectivity index (χ3n) is 5.46. The third-order valence-corrected chi connectivity index (χ3v) is 5.46. The van der Waals surface area contributed by atoms with Crippen LogP contribution in [0.15, 0.2) is 59.4 Å². The molecule has 9 heteroatoms. The first-order valence-electron chi connectivity index (χ1n) is 10.2. The molecule has 0 fully saturated rings. The van der Waals surface area contributed by atoms with Crippen LogP contribution in [0.2, 0.25) is 0 Å². The number of amides is 3. The molecule has 1 aromatic heterocycles. The molecule has 32 heavy (non-hydrogen) atoms. The molecule has 0 unspecified atom stereocenters. The zero-order valence-electron chi connectivity index (χ0n) is 17.8. The minimum absolute atomic E-state index is 0.0911. The number of carbonyl (C=O) groups excluding carboxylic acids is 3. The molecule has 4 rings (SSSR count). The minimum atomic E-state index is -0.445. The Bertz CT molecular complexity index is 1260. The second kappa shape index (κ2) is 8.54. The predicted octanol–water partition coefficient (Wildman–Crippen LogP) is 2.19. The van der Waals surface area contributed by atoms with Gasteiger partial charge in [-0.3, -0.25) is 23.9 Å². The Morgan fingerprint density at radius 3 is 2.44 bits per heavy atom. The molecule has 2 aromatic carbocycles. The second-order valence-electron chi connectivity index (χ2n) is 7.53. The molecule has 0 aliphatic carbocycles. The highest BCUT2D eigenvalue weighted by atomic mass is 16.2. The molecular weight excluding hydrogens is 410 g/mol. The summed E-state index contributed by atoms with van der Waals surface area (Å²) in [5, 5.41) is 5.38. The number of hydrogen-bond donors (Lipinski definition) is 2. The minimum Gasteiger partial charge on any atom is -0.323 e. The van der Waals surface area contributed by atoms with E-state index in [1.165, 1.54) is 9.58 Å². The number of para-hydroxylation sites is 3. The second-order valence-corrected chi connectivity index (χ2v) is 7.53. The van der Waals surface area contributed by atoms with Gasteiger partial charge in [-0.05, 0) is 31.2 Å². The number of carbonyl (C=O) groups is 3. The van der Waals surface area contributed by atoms with Crippen molar-refractivity contribution in [2.75, 3.05) is 22.1 Å². The maximum absolute atomic E-state index is 12.9. The van der Waals surface area contributed by atoms with Crippen molar-refractivity contribution < 1.29 is 14.4 Å². The van der Waals surface area contributed by atoms with Gasteiger partial charge in [-0.2, -0.15) is 0 Å². The molecule has 0 radical (unpaired) electrons. The molecular formula is C23H23N5O4. The van der Waals surface area contributed by atoms with E-state index in [0.717, 1.165) is 0 Å². The Hall–Kier alpha value is -4.14. The van der Waals surface area contributed by atoms with Gasteiger partial charge in [0.2, 0.25) is 17.7 Å². The molecule has 9 nitrogen and oxygen atoms in total. The normalized spacial score (nSPS) is 12.8. The van der Waals surface area contributed by atoms with Crippen LogP contribution in [0.1, 0.15) is 18.5 Å². The van der Waals surface area contributed by atoms with Gasteiger partial charge in [-0.25, -0.2) is 4.68 Å². The number of fused-ring (bicyclic) bond motifs is 1. The molecule has 1 aliphatic rings. The van der Waals surface area contributed by atoms with Crippen LogP contribution < -0.4 is 21.1 Å². The van der Waals surface area contributed by atoms with Gasteiger partial charge in [0.05, 0.1) is 22.8 Å². The Labute approximate surface area is 184 Å². The summed E-state index contributed by atoms with van der Waals surface area (Å²) in [6.07, 6.45) is -0.204. The standard InChI is InChI=1S/C23H23N5O4/c1-15-22(23(32)28(26(15)2)16-8-4-3-5-9-16)25-19(29)12-13-21(31)27-14-20(30)24-17-10-6-7-11-18(17)27/h3-11H,12-14H2,1-2H3,(H,24,30)(H,25,29). The molecule has 0 saturated carbocycles. The van der Waals surface area contributed by atoms with Gasteiger partial charge < -0.3 is 15.5 Å². The van der Waals surface area contributed by atoms with Crippen LogP contribution in [0, 0.1) is 6.92 Å². The quantitative estimate of drug-likeness (QED) is 0.643. The molecule has 0 atom stereocenters. The highest BCUT2D eigenvalue weighted by Gasteiger charge is 2.27. The molecule has 0 bridgehead atoms. The van der Waals surface area contributed by atoms with Crippen LogP contribution in [0.4, 0.5) is 17.1 Å². The maximum Gasteiger partial charge on any atom is 0.295 e. The summed E-state index contributed by atoms with van der Waals surface area (Å²) >= 11 is 0. The van der Waals surface area contributed by atoms with Crippen molar-refractivity contribution in [3.05, 3.63) is 70.6 Å². The summed E-state index contributed by atoms with van der Waals surface area (Å²) in [6, 6.07) is 16.1. The summed E-state index contributed by atoms with van der Waals surface area (Å²) in [5.74, 6) is -1.07. The molecule has 3 amide bonds. The van der Waals surface area contributed by atoms with Crippen molar-refractivity contribution in [1.29, 1.82) is 0 Å². The lowest BCUT2D eigenvalue weighted by Gasteiger charge is -2.29. The van der Waals surface area contributed by atoms with Crippen molar-refractivity contribution in [2.24, 2.45) is 7.05 Å². The zero-order valence-corrected chi connectivity index (χ0v) is 17.8. The van der Waals surface area contributed by atoms with Gasteiger partial charge in [0.1, 0.15) is 12.2 Å². The molecule has 0 saturated heterocycles. The summed E-state index contributed by atoms with van der Waals surface area (Å²) in [5.41, 5.74) is 2.26. The van der Waals surface area contributed by atoms with Crippen LogP contribution in [0.25, 0.3) is 5.69 Å². The first kappa shape index (κ1) is 21.1. The average molecular weight is 433 g/mol. The fraction of sp³-hybridized carbons (Fsp3) is 0.217. The number of hydrogen-bond acceptors (Lipinski definition) is 4. The Balaban J connectivity index is 1.46. The van der Waals surface area contributed by atoms with Gasteiger partial charge in [-0.15, -0.1) is 0 Å². The van der Waals surface area contributed by atoms with Crippen molar-refractivity contribution in [2.45, 2.75) is 19.8 Å². The summed E-state index contributed by atoms with van der Waals surface area (Å²) in [7, 11) is 1.74. The van der Waals surface area contributed by atoms with Crippen LogP contribution in [-0.2, 0) is 21.4 Å². The van der Waals surface area contributed by atoms with Crippen LogP contribution >= 0.6 is 0 Å². The van der Waals surface area contributed by atoms with E-state index in [-0.39, 0.29) is 42.4 Å². The lowest BCUT2D eigenvalue weighted by atomic mass is 10.1. The SMILES string of the molecule is Cc1c(NC(=O)CCC(=O)N2CC(=O)Nc3ccccc32)c(=O)n(-c2ccccc2)n1C. The fourth-order valence-electron chi connectivity index (χ4n) is 3.73. The van der Waals surface area contributed by atoms with E-state index in [2.05, 4.69) is 10.6 Å². The summed E-state index contributed by atoms with van der Waals surface area (Å²) in [4.78, 5) is 51.5. The number of benzene rings is 2. The van der Waals surface area contributed by atoms with Gasteiger partial charge in [0.25, 0.3) is 5.56 Å². The zero-order chi connectivity index (χ0) is 22.8. The van der Waals surface area contributed by atoms with E-state index in [1.54, 1.807) is 55.1 Å². The lowest BCUT2D eigenvalue weighted by Crippen LogP contribution is -2.42. The molecule has 164 valence electrons. The summed E-state index contributed by atoms with van der Waals surface area (Å²) < 4.78 is 3.14. The van der Waals surface area contributed by atoms with Crippen molar-refractivity contribution in [3.63, 3.8) is 0 Å². The van der Waals surface area contributed by atoms with Gasteiger partial charge in [-0.1, -0.05) is 30.3 Å². The van der Waals surface area contributed by atoms with Crippen LogP contribution in [0.5, 0.6) is 0 Å². The smallest absolute Gasteiger partial charge is 0.295 e. The number of nitrogens with one attached hydrogen (secondary N) is 2. The number of rotatable bonds is 5. The number of nitrogens with zero attached hydrogens (tertiary/aromatic N) is 3. The van der Waals surface area contributed by atoms with E-state index < -0.39 is 5.91 Å². The largest absolute Gasteiger partial charge is 0.323 e. The Morgan fingerprint density at radius 2 is 1.69 bits per heavy atom. The third kappa shape index (κ3) is 3.92. The maximum atomic E-state index is 12.9. The highest BCUT2D eigenvalue weighted by Crippen LogP contribution is 2.29. The van der Waals surface area contributed by atoms with Gasteiger partial charge in [0, 0.05) is 19.9 Å². The molecule has 0 spiro atoms. The number of aromatic nitrogens is 2. The van der Waals surface area contributed by atoms with E-state index >= 15 is 0 Å². The van der Waals surface area contributed by atoms with E-state index in [4.69, 9.17) is 0 Å². The topological polar surface area (TPSA) is 105 Å². The molecule has 3 aromatic rings. The first-order valence-corrected chi connectivity index (χ1v) is 10.2. The van der Waals surface area contributed by atoms with Crippen molar-refractivity contribution >= 4 is 34.8 Å². The summed E-state index contributed by atoms with van der Waals surface area (Å²) in [6.45, 7) is 1.64. The molecule has 2 N–H and O–H groups in total. The average Bonchev–Trinajstić information content (AvgIpc) is 3.00. The predicted molar refractivity (Wildman–Crippen MR) is 121 cm³/mol. The highest BCUT2D eigenvalue weighted by molar-refractivity contribution is 6.10. The van der Waals surface area contributed by atoms with Crippen molar-refractivity contribution in [3.8, 4) is 5.69 Å². The first-order chi connectivity index (χ1) is 15.4. The van der Waals surface area contributed by atoms with E-state index in [1.807, 2.05) is 18.2 Å². The van der Waals surface area contributed by atoms with Gasteiger partial charge in [0.15, 0.2) is 0 Å². The van der Waals surface area contributed by atoms with Gasteiger partial charge >= 0.3 is 0 Å². The Morgan fingerprint density at radius 1 is 1.00 bits per heavy atom. The lowest BCUT2D eigenvalue weighted by molar-refractivity contribution is -0.124. The molecule has 2 heterocycles. The van der Waals surface area contributed by atoms with Crippen LogP contribution in [0.3, 0.4) is 0 Å². The van der Waals surface area contributed by atoms with E-state index in [0.29, 0.717) is 22.8 Å². The fourth-order valence-corrected chi connectivity index (χ4v) is 3.73. The molecule has 1 aliphatic heterocycles. The number of anilines is 3. The Kier molecular flexibility index (Phi) is 5.63. The van der Waals surface area contributed by atoms with Crippen LogP contribution in [-0.4, -0.2) is 33.6 Å². The monoisotopic (exact) mass is 433 g/mol. The van der Waals surface area contributed by atoms with Crippen molar-refractivity contribution in [1.82, 2.24) is 9.36 Å². The van der Waals surface area contributed by atoms with E-state index in [9.17, 15) is 19.2 Å².